The molecule has 0 unspecified atom stereocenters. The molecule has 8 nitrogen and oxygen atoms in total. The summed E-state index contributed by atoms with van der Waals surface area (Å²) in [5.74, 6) is -1.15. The van der Waals surface area contributed by atoms with Crippen LogP contribution in [0.3, 0.4) is 0 Å². The van der Waals surface area contributed by atoms with Crippen molar-refractivity contribution in [1.82, 2.24) is 25.2 Å². The van der Waals surface area contributed by atoms with Crippen LogP contribution in [-0.4, -0.2) is 43.4 Å². The van der Waals surface area contributed by atoms with Gasteiger partial charge in [-0.2, -0.15) is 4.68 Å². The number of hydrogen-bond acceptors (Lipinski definition) is 7. The van der Waals surface area contributed by atoms with Gasteiger partial charge in [0.05, 0.1) is 0 Å². The Hall–Kier alpha value is -2.65. The summed E-state index contributed by atoms with van der Waals surface area (Å²) < 4.78 is 6.39. The lowest BCUT2D eigenvalue weighted by atomic mass is 10.1. The van der Waals surface area contributed by atoms with Crippen molar-refractivity contribution in [3.63, 3.8) is 0 Å². The van der Waals surface area contributed by atoms with Gasteiger partial charge in [-0.15, -0.1) is 15.3 Å². The van der Waals surface area contributed by atoms with Crippen LogP contribution in [0.15, 0.2) is 30.3 Å². The van der Waals surface area contributed by atoms with Crippen molar-refractivity contribution < 1.29 is 14.6 Å². The summed E-state index contributed by atoms with van der Waals surface area (Å²) in [4.78, 5) is 11.4. The number of carboxylic acids is 1. The van der Waals surface area contributed by atoms with Gasteiger partial charge in [0, 0.05) is 12.7 Å². The Bertz CT molecular complexity index is 799. The number of ether oxygens (including phenoxy) is 1. The molecule has 0 saturated heterocycles. The lowest BCUT2D eigenvalue weighted by Crippen LogP contribution is -2.03. The monoisotopic (exact) mass is 317 g/mol. The maximum absolute atomic E-state index is 11.4. The zero-order valence-corrected chi connectivity index (χ0v) is 12.3. The predicted octanol–water partition coefficient (Wildman–Crippen LogP) is 1.63. The van der Waals surface area contributed by atoms with Gasteiger partial charge < -0.3 is 9.84 Å². The van der Waals surface area contributed by atoms with E-state index in [1.165, 1.54) is 16.0 Å². The van der Waals surface area contributed by atoms with E-state index < -0.39 is 5.97 Å². The summed E-state index contributed by atoms with van der Waals surface area (Å²) in [6.45, 7) is 0.332. The Morgan fingerprint density at radius 3 is 2.73 bits per heavy atom. The Morgan fingerprint density at radius 1 is 1.27 bits per heavy atom. The number of aromatic carboxylic acids is 1. The highest BCUT2D eigenvalue weighted by Gasteiger charge is 2.23. The van der Waals surface area contributed by atoms with E-state index in [1.54, 1.807) is 19.2 Å². The van der Waals surface area contributed by atoms with E-state index in [2.05, 4.69) is 20.5 Å². The van der Waals surface area contributed by atoms with Crippen LogP contribution in [0.1, 0.15) is 15.5 Å². The molecule has 0 aliphatic carbocycles. The molecule has 3 aromatic rings. The Labute approximate surface area is 129 Å². The summed E-state index contributed by atoms with van der Waals surface area (Å²) in [5, 5.41) is 26.1. The van der Waals surface area contributed by atoms with Crippen molar-refractivity contribution >= 4 is 17.3 Å². The van der Waals surface area contributed by atoms with Crippen LogP contribution in [0, 0.1) is 0 Å². The summed E-state index contributed by atoms with van der Waals surface area (Å²) in [5.41, 5.74) is 0.927. The van der Waals surface area contributed by atoms with Crippen LogP contribution >= 0.6 is 11.3 Å². The second-order valence-electron chi connectivity index (χ2n) is 4.28. The molecule has 1 aromatic carbocycles. The second kappa shape index (κ2) is 6.00. The van der Waals surface area contributed by atoms with Crippen molar-refractivity contribution in [2.45, 2.75) is 6.61 Å². The van der Waals surface area contributed by atoms with Gasteiger partial charge >= 0.3 is 5.97 Å². The molecule has 0 saturated carbocycles. The van der Waals surface area contributed by atoms with Crippen molar-refractivity contribution in [3.05, 3.63) is 41.0 Å². The Morgan fingerprint density at radius 2 is 2.05 bits per heavy atom. The van der Waals surface area contributed by atoms with Crippen LogP contribution in [0.25, 0.3) is 16.4 Å². The van der Waals surface area contributed by atoms with Crippen molar-refractivity contribution in [3.8, 4) is 16.4 Å². The van der Waals surface area contributed by atoms with E-state index in [1.807, 2.05) is 18.2 Å². The summed E-state index contributed by atoms with van der Waals surface area (Å²) in [6, 6.07) is 9.06. The molecule has 0 aliphatic heterocycles. The van der Waals surface area contributed by atoms with Gasteiger partial charge in [0.25, 0.3) is 0 Å². The highest BCUT2D eigenvalue weighted by atomic mass is 32.1. The minimum atomic E-state index is -1.15. The van der Waals surface area contributed by atoms with Crippen LogP contribution in [0.4, 0.5) is 0 Å². The summed E-state index contributed by atoms with van der Waals surface area (Å²) >= 11 is 1.26. The molecular weight excluding hydrogens is 306 g/mol. The molecule has 0 radical (unpaired) electrons. The van der Waals surface area contributed by atoms with Gasteiger partial charge in [-0.05, 0) is 0 Å². The van der Waals surface area contributed by atoms with E-state index in [0.717, 1.165) is 0 Å². The van der Waals surface area contributed by atoms with Crippen LogP contribution < -0.4 is 0 Å². The number of rotatable bonds is 5. The van der Waals surface area contributed by atoms with E-state index in [-0.39, 0.29) is 5.69 Å². The van der Waals surface area contributed by atoms with Gasteiger partial charge in [-0.1, -0.05) is 46.9 Å². The fraction of sp³-hybridized carbons (Fsp3) is 0.154. The zero-order chi connectivity index (χ0) is 15.5. The molecule has 0 amide bonds. The maximum Gasteiger partial charge on any atom is 0.358 e. The number of aromatic nitrogens is 5. The molecule has 3 rings (SSSR count). The minimum absolute atomic E-state index is 0.130. The Balaban J connectivity index is 2.13. The SMILES string of the molecule is COCc1nnc(-n2nnc(C(=O)O)c2-c2ccccc2)s1. The normalized spacial score (nSPS) is 10.8. The number of benzene rings is 1. The highest BCUT2D eigenvalue weighted by molar-refractivity contribution is 7.13. The molecule has 0 spiro atoms. The van der Waals surface area contributed by atoms with E-state index in [0.29, 0.717) is 28.0 Å². The van der Waals surface area contributed by atoms with Gasteiger partial charge in [-0.3, -0.25) is 0 Å². The largest absolute Gasteiger partial charge is 0.476 e. The van der Waals surface area contributed by atoms with E-state index in [4.69, 9.17) is 4.74 Å². The second-order valence-corrected chi connectivity index (χ2v) is 5.32. The van der Waals surface area contributed by atoms with Crippen molar-refractivity contribution in [2.24, 2.45) is 0 Å². The molecule has 0 atom stereocenters. The molecular formula is C13H11N5O3S. The van der Waals surface area contributed by atoms with E-state index >= 15 is 0 Å². The molecule has 0 bridgehead atoms. The summed E-state index contributed by atoms with van der Waals surface area (Å²) in [6.07, 6.45) is 0. The number of hydrogen-bond donors (Lipinski definition) is 1. The molecule has 22 heavy (non-hydrogen) atoms. The molecule has 112 valence electrons. The first kappa shape index (κ1) is 14.3. The lowest BCUT2D eigenvalue weighted by molar-refractivity contribution is 0.0691. The van der Waals surface area contributed by atoms with Gasteiger partial charge in [0.2, 0.25) is 5.13 Å². The molecule has 9 heteroatoms. The fourth-order valence-electron chi connectivity index (χ4n) is 1.93. The highest BCUT2D eigenvalue weighted by Crippen LogP contribution is 2.26. The predicted molar refractivity (Wildman–Crippen MR) is 77.9 cm³/mol. The van der Waals surface area contributed by atoms with Gasteiger partial charge in [0.15, 0.2) is 5.69 Å². The van der Waals surface area contributed by atoms with Crippen LogP contribution in [-0.2, 0) is 11.3 Å². The first-order valence-electron chi connectivity index (χ1n) is 6.27. The number of nitrogens with zero attached hydrogens (tertiary/aromatic N) is 5. The molecule has 2 heterocycles. The molecule has 1 N–H and O–H groups in total. The first-order valence-corrected chi connectivity index (χ1v) is 7.08. The zero-order valence-electron chi connectivity index (χ0n) is 11.5. The van der Waals surface area contributed by atoms with Crippen LogP contribution in [0.2, 0.25) is 0 Å². The average Bonchev–Trinajstić information content (AvgIpc) is 3.14. The minimum Gasteiger partial charge on any atom is -0.476 e. The topological polar surface area (TPSA) is 103 Å². The smallest absolute Gasteiger partial charge is 0.358 e. The third-order valence-electron chi connectivity index (χ3n) is 2.83. The van der Waals surface area contributed by atoms with Crippen molar-refractivity contribution in [1.29, 1.82) is 0 Å². The average molecular weight is 317 g/mol. The summed E-state index contributed by atoms with van der Waals surface area (Å²) in [7, 11) is 1.56. The standard InChI is InChI=1S/C13H11N5O3S/c1-21-7-9-14-16-13(22-9)18-11(8-5-3-2-4-6-8)10(12(19)20)15-17-18/h2-6H,7H2,1H3,(H,19,20). The van der Waals surface area contributed by atoms with Gasteiger partial charge in [-0.25, -0.2) is 4.79 Å². The molecule has 0 fully saturated rings. The lowest BCUT2D eigenvalue weighted by Gasteiger charge is -2.03. The maximum atomic E-state index is 11.4. The number of methoxy groups -OCH3 is 1. The fourth-order valence-corrected chi connectivity index (χ4v) is 2.69. The van der Waals surface area contributed by atoms with Gasteiger partial charge in [0.1, 0.15) is 17.3 Å². The molecule has 0 aliphatic rings. The molecule has 2 aromatic heterocycles. The van der Waals surface area contributed by atoms with E-state index in [9.17, 15) is 9.90 Å². The van der Waals surface area contributed by atoms with Crippen LogP contribution in [0.5, 0.6) is 0 Å². The van der Waals surface area contributed by atoms with Crippen molar-refractivity contribution in [2.75, 3.05) is 7.11 Å². The third-order valence-corrected chi connectivity index (χ3v) is 3.70. The Kier molecular flexibility index (Phi) is 3.90. The number of carboxylic acid groups (broad SMARTS) is 1. The quantitative estimate of drug-likeness (QED) is 0.762. The number of carbonyl (C=O) groups is 1. The first-order chi connectivity index (χ1) is 10.7. The third kappa shape index (κ3) is 2.59.